The number of piperidine rings is 1. The van der Waals surface area contributed by atoms with Gasteiger partial charge in [-0.2, -0.15) is 0 Å². The molecular weight excluding hydrogens is 350 g/mol. The van der Waals surface area contributed by atoms with Crippen molar-refractivity contribution < 1.29 is 24.6 Å². The summed E-state index contributed by atoms with van der Waals surface area (Å²) in [7, 11) is 0. The number of halogens is 1. The average Bonchev–Trinajstić information content (AvgIpc) is 2.58. The fraction of sp³-hybridized carbons (Fsp3) is 0.438. The fourth-order valence-corrected chi connectivity index (χ4v) is 2.75. The van der Waals surface area contributed by atoms with Gasteiger partial charge in [0.15, 0.2) is 0 Å². The summed E-state index contributed by atoms with van der Waals surface area (Å²) in [6.45, 7) is 0.875. The highest BCUT2D eigenvalue weighted by molar-refractivity contribution is 6.31. The predicted molar refractivity (Wildman–Crippen MR) is 91.7 cm³/mol. The first-order valence-electron chi connectivity index (χ1n) is 7.90. The van der Waals surface area contributed by atoms with E-state index in [0.717, 1.165) is 0 Å². The molecule has 1 aliphatic heterocycles. The third kappa shape index (κ3) is 5.53. The summed E-state index contributed by atoms with van der Waals surface area (Å²) in [5.41, 5.74) is 0.256. The lowest BCUT2D eigenvalue weighted by atomic mass is 9.96. The Bertz CT molecular complexity index is 659. The quantitative estimate of drug-likeness (QED) is 0.591. The number of benzene rings is 1. The molecular formula is C16H20ClN3O5. The molecule has 0 saturated carbocycles. The number of anilines is 1. The normalized spacial score (nSPS) is 14.8. The summed E-state index contributed by atoms with van der Waals surface area (Å²) in [5, 5.41) is 23.9. The molecule has 9 heteroatoms. The van der Waals surface area contributed by atoms with Crippen LogP contribution in [0.15, 0.2) is 18.2 Å². The van der Waals surface area contributed by atoms with Gasteiger partial charge in [-0.15, -0.1) is 0 Å². The largest absolute Gasteiger partial charge is 0.506 e. The van der Waals surface area contributed by atoms with Crippen LogP contribution >= 0.6 is 11.6 Å². The van der Waals surface area contributed by atoms with Gasteiger partial charge in [0.25, 0.3) is 0 Å². The number of amides is 3. The Labute approximate surface area is 149 Å². The minimum atomic E-state index is -0.972. The number of phenols is 1. The van der Waals surface area contributed by atoms with Crippen molar-refractivity contribution in [1.82, 2.24) is 10.2 Å². The molecule has 3 amide bonds. The number of nitrogens with one attached hydrogen (secondary N) is 2. The second-order valence-corrected chi connectivity index (χ2v) is 6.22. The third-order valence-corrected chi connectivity index (χ3v) is 4.22. The maximum absolute atomic E-state index is 12.3. The highest BCUT2D eigenvalue weighted by Crippen LogP contribution is 2.28. The topological polar surface area (TPSA) is 119 Å². The van der Waals surface area contributed by atoms with Crippen LogP contribution in [0.1, 0.15) is 19.3 Å². The molecule has 1 aliphatic rings. The van der Waals surface area contributed by atoms with Crippen LogP contribution in [0.5, 0.6) is 5.75 Å². The highest BCUT2D eigenvalue weighted by Gasteiger charge is 2.27. The summed E-state index contributed by atoms with van der Waals surface area (Å²) in [6.07, 6.45) is 0.840. The molecule has 0 spiro atoms. The van der Waals surface area contributed by atoms with Crippen molar-refractivity contribution in [2.45, 2.75) is 19.3 Å². The van der Waals surface area contributed by atoms with Gasteiger partial charge in [0.05, 0.1) is 12.1 Å². The summed E-state index contributed by atoms with van der Waals surface area (Å²) in [5.74, 6) is -1.54. The number of likely N-dealkylation sites (tertiary alicyclic amines) is 1. The molecule has 1 saturated heterocycles. The van der Waals surface area contributed by atoms with E-state index in [1.54, 1.807) is 4.90 Å². The number of aromatic hydroxyl groups is 1. The van der Waals surface area contributed by atoms with Crippen LogP contribution in [0.4, 0.5) is 10.5 Å². The van der Waals surface area contributed by atoms with Crippen molar-refractivity contribution in [3.63, 3.8) is 0 Å². The van der Waals surface area contributed by atoms with Crippen molar-refractivity contribution in [3.05, 3.63) is 23.2 Å². The number of hydrogen-bond donors (Lipinski definition) is 4. The standard InChI is InChI=1S/C16H20ClN3O5/c17-11-1-2-13(21)12(9-11)19-15(24)10-4-7-20(8-5-10)16(25)18-6-3-14(22)23/h1-2,9-10,21H,3-8H2,(H,18,25)(H,19,24)(H,22,23). The Morgan fingerprint density at radius 3 is 2.56 bits per heavy atom. The van der Waals surface area contributed by atoms with E-state index in [-0.39, 0.29) is 42.3 Å². The number of hydrogen-bond acceptors (Lipinski definition) is 4. The van der Waals surface area contributed by atoms with Crippen LogP contribution in [-0.4, -0.2) is 52.7 Å². The Hall–Kier alpha value is -2.48. The maximum Gasteiger partial charge on any atom is 0.317 e. The second-order valence-electron chi connectivity index (χ2n) is 5.79. The number of carboxylic acids is 1. The van der Waals surface area contributed by atoms with Crippen molar-refractivity contribution in [1.29, 1.82) is 0 Å². The lowest BCUT2D eigenvalue weighted by Crippen LogP contribution is -2.46. The molecule has 0 aliphatic carbocycles. The fourth-order valence-electron chi connectivity index (χ4n) is 2.58. The zero-order valence-electron chi connectivity index (χ0n) is 13.5. The van der Waals surface area contributed by atoms with E-state index in [9.17, 15) is 19.5 Å². The Morgan fingerprint density at radius 1 is 1.24 bits per heavy atom. The molecule has 0 radical (unpaired) electrons. The third-order valence-electron chi connectivity index (χ3n) is 3.98. The van der Waals surface area contributed by atoms with Crippen molar-refractivity contribution in [2.24, 2.45) is 5.92 Å². The molecule has 8 nitrogen and oxygen atoms in total. The molecule has 1 fully saturated rings. The number of rotatable bonds is 5. The van der Waals surface area contributed by atoms with E-state index in [1.807, 2.05) is 0 Å². The first kappa shape index (κ1) is 18.9. The van der Waals surface area contributed by atoms with Gasteiger partial charge in [-0.25, -0.2) is 4.79 Å². The molecule has 1 aromatic carbocycles. The van der Waals surface area contributed by atoms with E-state index < -0.39 is 5.97 Å². The Balaban J connectivity index is 1.81. The summed E-state index contributed by atoms with van der Waals surface area (Å²) >= 11 is 5.85. The maximum atomic E-state index is 12.3. The molecule has 4 N–H and O–H groups in total. The van der Waals surface area contributed by atoms with Crippen molar-refractivity contribution in [2.75, 3.05) is 25.0 Å². The summed E-state index contributed by atoms with van der Waals surface area (Å²) in [4.78, 5) is 36.2. The smallest absolute Gasteiger partial charge is 0.317 e. The average molecular weight is 370 g/mol. The summed E-state index contributed by atoms with van der Waals surface area (Å²) < 4.78 is 0. The van der Waals surface area contributed by atoms with Gasteiger partial charge < -0.3 is 25.7 Å². The van der Waals surface area contributed by atoms with Gasteiger partial charge in [0.1, 0.15) is 5.75 Å². The number of carbonyl (C=O) groups excluding carboxylic acids is 2. The zero-order valence-corrected chi connectivity index (χ0v) is 14.3. The van der Waals surface area contributed by atoms with Gasteiger partial charge in [-0.05, 0) is 31.0 Å². The van der Waals surface area contributed by atoms with Crippen molar-refractivity contribution in [3.8, 4) is 5.75 Å². The number of urea groups is 1. The monoisotopic (exact) mass is 369 g/mol. The van der Waals surface area contributed by atoms with E-state index in [0.29, 0.717) is 31.0 Å². The van der Waals surface area contributed by atoms with Crippen LogP contribution in [0.2, 0.25) is 5.02 Å². The van der Waals surface area contributed by atoms with Gasteiger partial charge in [0, 0.05) is 30.6 Å². The number of carbonyl (C=O) groups is 3. The number of nitrogens with zero attached hydrogens (tertiary/aromatic N) is 1. The molecule has 25 heavy (non-hydrogen) atoms. The Morgan fingerprint density at radius 2 is 1.92 bits per heavy atom. The van der Waals surface area contributed by atoms with Gasteiger partial charge in [-0.3, -0.25) is 9.59 Å². The predicted octanol–water partition coefficient (Wildman–Crippen LogP) is 1.88. The second kappa shape index (κ2) is 8.57. The molecule has 0 unspecified atom stereocenters. The first-order chi connectivity index (χ1) is 11.9. The minimum absolute atomic E-state index is 0.0620. The van der Waals surface area contributed by atoms with E-state index in [4.69, 9.17) is 16.7 Å². The molecule has 0 atom stereocenters. The van der Waals surface area contributed by atoms with E-state index in [1.165, 1.54) is 18.2 Å². The van der Waals surface area contributed by atoms with Crippen LogP contribution in [0.25, 0.3) is 0 Å². The van der Waals surface area contributed by atoms with Gasteiger partial charge in [0.2, 0.25) is 5.91 Å². The zero-order chi connectivity index (χ0) is 18.4. The van der Waals surface area contributed by atoms with Crippen LogP contribution in [0, 0.1) is 5.92 Å². The van der Waals surface area contributed by atoms with Gasteiger partial charge >= 0.3 is 12.0 Å². The molecule has 2 rings (SSSR count). The summed E-state index contributed by atoms with van der Waals surface area (Å²) in [6, 6.07) is 4.07. The molecule has 136 valence electrons. The number of phenolic OH excluding ortho intramolecular Hbond substituents is 1. The van der Waals surface area contributed by atoms with Crippen LogP contribution in [0.3, 0.4) is 0 Å². The SMILES string of the molecule is O=C(O)CCNC(=O)N1CCC(C(=O)Nc2cc(Cl)ccc2O)CC1. The molecule has 0 bridgehead atoms. The van der Waals surface area contributed by atoms with Crippen molar-refractivity contribution >= 4 is 35.2 Å². The number of carboxylic acid groups (broad SMARTS) is 1. The first-order valence-corrected chi connectivity index (χ1v) is 8.28. The van der Waals surface area contributed by atoms with Gasteiger partial charge in [-0.1, -0.05) is 11.6 Å². The lowest BCUT2D eigenvalue weighted by molar-refractivity contribution is -0.136. The molecule has 1 heterocycles. The number of aliphatic carboxylic acids is 1. The van der Waals surface area contributed by atoms with E-state index >= 15 is 0 Å². The van der Waals surface area contributed by atoms with Crippen LogP contribution in [-0.2, 0) is 9.59 Å². The molecule has 1 aromatic rings. The molecule has 0 aromatic heterocycles. The highest BCUT2D eigenvalue weighted by atomic mass is 35.5. The van der Waals surface area contributed by atoms with E-state index in [2.05, 4.69) is 10.6 Å². The minimum Gasteiger partial charge on any atom is -0.506 e. The van der Waals surface area contributed by atoms with Crippen LogP contribution < -0.4 is 10.6 Å². The Kier molecular flexibility index (Phi) is 6.46. The lowest BCUT2D eigenvalue weighted by Gasteiger charge is -2.31.